The molecule has 0 atom stereocenters. The summed E-state index contributed by atoms with van der Waals surface area (Å²) in [6, 6.07) is 13.9. The maximum absolute atomic E-state index is 12.5. The summed E-state index contributed by atoms with van der Waals surface area (Å²) in [6.07, 6.45) is 2.64. The molecule has 21 heavy (non-hydrogen) atoms. The fourth-order valence-corrected chi connectivity index (χ4v) is 2.67. The molecule has 1 heterocycles. The summed E-state index contributed by atoms with van der Waals surface area (Å²) >= 11 is 3.39. The number of rotatable bonds is 3. The highest BCUT2D eigenvalue weighted by molar-refractivity contribution is 9.10. The Hall–Kier alpha value is -1.94. The summed E-state index contributed by atoms with van der Waals surface area (Å²) in [5.41, 5.74) is 3.11. The molecule has 0 fully saturated rings. The van der Waals surface area contributed by atoms with Crippen LogP contribution >= 0.6 is 15.9 Å². The van der Waals surface area contributed by atoms with Crippen molar-refractivity contribution in [3.05, 3.63) is 74.7 Å². The first-order valence-electron chi connectivity index (χ1n) is 6.90. The predicted octanol–water partition coefficient (Wildman–Crippen LogP) is 3.77. The van der Waals surface area contributed by atoms with Crippen LogP contribution in [0.5, 0.6) is 0 Å². The lowest BCUT2D eigenvalue weighted by atomic mass is 10.1. The summed E-state index contributed by atoms with van der Waals surface area (Å²) in [4.78, 5) is 16.8. The maximum atomic E-state index is 12.5. The van der Waals surface area contributed by atoms with E-state index in [0.29, 0.717) is 17.4 Å². The van der Waals surface area contributed by atoms with Crippen LogP contribution < -0.4 is 5.56 Å². The first kappa shape index (κ1) is 14.0. The Kier molecular flexibility index (Phi) is 3.88. The topological polar surface area (TPSA) is 34.9 Å². The monoisotopic (exact) mass is 342 g/mol. The third-order valence-corrected chi connectivity index (χ3v) is 4.06. The van der Waals surface area contributed by atoms with Gasteiger partial charge >= 0.3 is 0 Å². The Morgan fingerprint density at radius 2 is 1.81 bits per heavy atom. The third kappa shape index (κ3) is 2.90. The largest absolute Gasteiger partial charge is 0.294 e. The molecule has 0 bridgehead atoms. The summed E-state index contributed by atoms with van der Waals surface area (Å²) in [5.74, 6) is 0. The molecule has 0 spiro atoms. The van der Waals surface area contributed by atoms with Crippen LogP contribution in [-0.2, 0) is 13.0 Å². The van der Waals surface area contributed by atoms with Gasteiger partial charge in [0.05, 0.1) is 23.8 Å². The number of hydrogen-bond acceptors (Lipinski definition) is 2. The van der Waals surface area contributed by atoms with Crippen LogP contribution in [0.25, 0.3) is 10.9 Å². The van der Waals surface area contributed by atoms with Gasteiger partial charge in [0, 0.05) is 4.47 Å². The van der Waals surface area contributed by atoms with Crippen molar-refractivity contribution in [2.24, 2.45) is 0 Å². The van der Waals surface area contributed by atoms with Crippen LogP contribution in [0, 0.1) is 0 Å². The van der Waals surface area contributed by atoms with Crippen LogP contribution in [0.3, 0.4) is 0 Å². The highest BCUT2D eigenvalue weighted by Gasteiger charge is 2.05. The van der Waals surface area contributed by atoms with E-state index in [0.717, 1.165) is 16.5 Å². The van der Waals surface area contributed by atoms with Crippen LogP contribution in [0.4, 0.5) is 0 Å². The lowest BCUT2D eigenvalue weighted by Crippen LogP contribution is -2.21. The first-order valence-corrected chi connectivity index (χ1v) is 7.69. The molecule has 3 nitrogen and oxygen atoms in total. The fraction of sp³-hybridized carbons (Fsp3) is 0.176. The van der Waals surface area contributed by atoms with E-state index in [1.807, 2.05) is 18.2 Å². The molecular formula is C17H15BrN2O. The average Bonchev–Trinajstić information content (AvgIpc) is 2.51. The molecule has 0 aliphatic heterocycles. The number of aryl methyl sites for hydroxylation is 1. The van der Waals surface area contributed by atoms with Gasteiger partial charge in [0.15, 0.2) is 0 Å². The minimum Gasteiger partial charge on any atom is -0.294 e. The average molecular weight is 343 g/mol. The van der Waals surface area contributed by atoms with E-state index in [2.05, 4.69) is 52.1 Å². The SMILES string of the molecule is CCc1ccc(Cn2cnc3cc(Br)ccc3c2=O)cc1. The normalized spacial score (nSPS) is 11.0. The molecule has 3 rings (SSSR count). The van der Waals surface area contributed by atoms with Gasteiger partial charge in [0.1, 0.15) is 0 Å². The first-order chi connectivity index (χ1) is 10.2. The standard InChI is InChI=1S/C17H15BrN2O/c1-2-12-3-5-13(6-4-12)10-20-11-19-16-9-14(18)7-8-15(16)17(20)21/h3-9,11H,2,10H2,1H3. The van der Waals surface area contributed by atoms with E-state index in [4.69, 9.17) is 0 Å². The van der Waals surface area contributed by atoms with E-state index >= 15 is 0 Å². The Morgan fingerprint density at radius 3 is 2.52 bits per heavy atom. The van der Waals surface area contributed by atoms with Crippen LogP contribution in [0.15, 0.2) is 58.1 Å². The van der Waals surface area contributed by atoms with Gasteiger partial charge in [0.2, 0.25) is 0 Å². The fourth-order valence-electron chi connectivity index (χ4n) is 2.32. The van der Waals surface area contributed by atoms with Gasteiger partial charge in [-0.3, -0.25) is 9.36 Å². The predicted molar refractivity (Wildman–Crippen MR) is 88.6 cm³/mol. The van der Waals surface area contributed by atoms with E-state index in [1.54, 1.807) is 10.9 Å². The van der Waals surface area contributed by atoms with Crippen molar-refractivity contribution in [1.82, 2.24) is 9.55 Å². The Bertz CT molecular complexity index is 838. The van der Waals surface area contributed by atoms with Crippen LogP contribution in [0.2, 0.25) is 0 Å². The molecule has 2 aromatic carbocycles. The van der Waals surface area contributed by atoms with Crippen molar-refractivity contribution in [1.29, 1.82) is 0 Å². The van der Waals surface area contributed by atoms with Gasteiger partial charge in [-0.15, -0.1) is 0 Å². The molecule has 0 unspecified atom stereocenters. The second kappa shape index (κ2) is 5.82. The lowest BCUT2D eigenvalue weighted by molar-refractivity contribution is 0.748. The summed E-state index contributed by atoms with van der Waals surface area (Å²) in [6.45, 7) is 2.67. The van der Waals surface area contributed by atoms with Crippen molar-refractivity contribution >= 4 is 26.8 Å². The number of hydrogen-bond donors (Lipinski definition) is 0. The molecule has 0 saturated carbocycles. The maximum Gasteiger partial charge on any atom is 0.261 e. The molecule has 0 radical (unpaired) electrons. The zero-order chi connectivity index (χ0) is 14.8. The van der Waals surface area contributed by atoms with E-state index in [1.165, 1.54) is 5.56 Å². The van der Waals surface area contributed by atoms with Gasteiger partial charge in [-0.1, -0.05) is 47.1 Å². The summed E-state index contributed by atoms with van der Waals surface area (Å²) < 4.78 is 2.58. The van der Waals surface area contributed by atoms with Crippen molar-refractivity contribution in [3.63, 3.8) is 0 Å². The smallest absolute Gasteiger partial charge is 0.261 e. The molecule has 0 N–H and O–H groups in total. The number of nitrogens with zero attached hydrogens (tertiary/aromatic N) is 2. The lowest BCUT2D eigenvalue weighted by Gasteiger charge is -2.07. The van der Waals surface area contributed by atoms with Crippen molar-refractivity contribution in [2.45, 2.75) is 19.9 Å². The van der Waals surface area contributed by atoms with E-state index in [9.17, 15) is 4.79 Å². The third-order valence-electron chi connectivity index (χ3n) is 3.57. The highest BCUT2D eigenvalue weighted by Crippen LogP contribution is 2.15. The molecule has 0 aliphatic carbocycles. The van der Waals surface area contributed by atoms with E-state index in [-0.39, 0.29) is 5.56 Å². The van der Waals surface area contributed by atoms with Crippen molar-refractivity contribution in [2.75, 3.05) is 0 Å². The molecule has 3 aromatic rings. The van der Waals surface area contributed by atoms with Crippen molar-refractivity contribution < 1.29 is 0 Å². The molecule has 106 valence electrons. The second-order valence-corrected chi connectivity index (χ2v) is 5.92. The highest BCUT2D eigenvalue weighted by atomic mass is 79.9. The molecule has 4 heteroatoms. The summed E-state index contributed by atoms with van der Waals surface area (Å²) in [5, 5.41) is 0.644. The number of fused-ring (bicyclic) bond motifs is 1. The summed E-state index contributed by atoms with van der Waals surface area (Å²) in [7, 11) is 0. The minimum absolute atomic E-state index is 0.00734. The Balaban J connectivity index is 1.98. The van der Waals surface area contributed by atoms with Crippen molar-refractivity contribution in [3.8, 4) is 0 Å². The minimum atomic E-state index is -0.00734. The van der Waals surface area contributed by atoms with E-state index < -0.39 is 0 Å². The number of benzene rings is 2. The molecule has 0 saturated heterocycles. The van der Waals surface area contributed by atoms with Gasteiger partial charge in [-0.05, 0) is 35.7 Å². The number of aromatic nitrogens is 2. The van der Waals surface area contributed by atoms with Gasteiger partial charge in [-0.25, -0.2) is 4.98 Å². The Labute approximate surface area is 131 Å². The Morgan fingerprint density at radius 1 is 1.10 bits per heavy atom. The van der Waals surface area contributed by atoms with Gasteiger partial charge < -0.3 is 0 Å². The quantitative estimate of drug-likeness (QED) is 0.726. The molecule has 0 aliphatic rings. The van der Waals surface area contributed by atoms with Gasteiger partial charge in [0.25, 0.3) is 5.56 Å². The molecule has 0 amide bonds. The molecular weight excluding hydrogens is 328 g/mol. The van der Waals surface area contributed by atoms with Crippen LogP contribution in [-0.4, -0.2) is 9.55 Å². The molecule has 1 aromatic heterocycles. The zero-order valence-corrected chi connectivity index (χ0v) is 13.3. The van der Waals surface area contributed by atoms with Crippen LogP contribution in [0.1, 0.15) is 18.1 Å². The number of halogens is 1. The van der Waals surface area contributed by atoms with Gasteiger partial charge in [-0.2, -0.15) is 0 Å². The second-order valence-electron chi connectivity index (χ2n) is 5.01. The zero-order valence-electron chi connectivity index (χ0n) is 11.7.